The molecule has 0 heterocycles. The van der Waals surface area contributed by atoms with Gasteiger partial charge in [-0.05, 0) is 18.3 Å². The predicted octanol–water partition coefficient (Wildman–Crippen LogP) is 1.72. The Kier molecular flexibility index (Phi) is 1.62. The van der Waals surface area contributed by atoms with Crippen LogP contribution < -0.4 is 0 Å². The first-order valence-electron chi connectivity index (χ1n) is 3.45. The molecule has 0 radical (unpaired) electrons. The van der Waals surface area contributed by atoms with E-state index in [2.05, 4.69) is 19.9 Å². The van der Waals surface area contributed by atoms with Gasteiger partial charge in [-0.3, -0.25) is 0 Å². The van der Waals surface area contributed by atoms with Crippen LogP contribution in [0.5, 0.6) is 0 Å². The van der Waals surface area contributed by atoms with Crippen molar-refractivity contribution < 1.29 is 5.11 Å². The summed E-state index contributed by atoms with van der Waals surface area (Å²) in [6, 6.07) is 0. The van der Waals surface area contributed by atoms with E-state index in [9.17, 15) is 0 Å². The summed E-state index contributed by atoms with van der Waals surface area (Å²) in [5, 5.41) is 9.16. The molecule has 1 aliphatic carbocycles. The van der Waals surface area contributed by atoms with Crippen LogP contribution in [0.1, 0.15) is 26.7 Å². The smallest absolute Gasteiger partial charge is 0.0726 e. The number of aliphatic hydroxyl groups is 1. The molecule has 1 N–H and O–H groups in total. The van der Waals surface area contributed by atoms with E-state index >= 15 is 0 Å². The van der Waals surface area contributed by atoms with Crippen LogP contribution in [0.4, 0.5) is 0 Å². The molecule has 0 aromatic carbocycles. The van der Waals surface area contributed by atoms with Crippen molar-refractivity contribution >= 4 is 0 Å². The van der Waals surface area contributed by atoms with E-state index in [0.717, 1.165) is 12.8 Å². The predicted molar refractivity (Wildman–Crippen MR) is 38.2 cm³/mol. The van der Waals surface area contributed by atoms with Crippen molar-refractivity contribution in [2.45, 2.75) is 32.8 Å². The molecule has 0 aromatic rings. The van der Waals surface area contributed by atoms with Gasteiger partial charge in [0.2, 0.25) is 0 Å². The van der Waals surface area contributed by atoms with E-state index < -0.39 is 0 Å². The van der Waals surface area contributed by atoms with Crippen LogP contribution in [-0.2, 0) is 0 Å². The maximum absolute atomic E-state index is 9.16. The molecule has 0 fully saturated rings. The molecule has 1 rings (SSSR count). The Balaban J connectivity index is 2.58. The maximum atomic E-state index is 9.16. The van der Waals surface area contributed by atoms with Crippen molar-refractivity contribution in [3.63, 3.8) is 0 Å². The normalized spacial score (nSPS) is 32.6. The topological polar surface area (TPSA) is 20.2 Å². The zero-order chi connectivity index (χ0) is 6.91. The molecule has 0 aliphatic heterocycles. The fourth-order valence-electron chi connectivity index (χ4n) is 1.26. The van der Waals surface area contributed by atoms with Crippen LogP contribution in [0.15, 0.2) is 12.2 Å². The number of allylic oxidation sites excluding steroid dienone is 1. The molecule has 0 bridgehead atoms. The Bertz CT molecular complexity index is 125. The molecule has 0 saturated carbocycles. The molecule has 1 nitrogen and oxygen atoms in total. The highest BCUT2D eigenvalue weighted by molar-refractivity contribution is 4.99. The van der Waals surface area contributed by atoms with E-state index in [1.165, 1.54) is 0 Å². The number of hydrogen-bond donors (Lipinski definition) is 1. The van der Waals surface area contributed by atoms with Crippen LogP contribution in [0.25, 0.3) is 0 Å². The standard InChI is InChI=1S/C8H14O/c1-8(2)5-3-4-7(9)6-8/h3-4,7,9H,5-6H2,1-2H3. The van der Waals surface area contributed by atoms with Crippen molar-refractivity contribution in [2.24, 2.45) is 5.41 Å². The summed E-state index contributed by atoms with van der Waals surface area (Å²) in [5.74, 6) is 0. The van der Waals surface area contributed by atoms with Crippen LogP contribution in [-0.4, -0.2) is 11.2 Å². The Labute approximate surface area is 56.4 Å². The SMILES string of the molecule is CC1(C)CC=CC(O)C1. The second-order valence-electron chi connectivity index (χ2n) is 3.57. The van der Waals surface area contributed by atoms with Gasteiger partial charge in [0, 0.05) is 0 Å². The molecule has 1 heteroatoms. The van der Waals surface area contributed by atoms with Gasteiger partial charge in [0.1, 0.15) is 0 Å². The second kappa shape index (κ2) is 2.14. The Morgan fingerprint density at radius 1 is 1.56 bits per heavy atom. The minimum Gasteiger partial charge on any atom is -0.389 e. The summed E-state index contributed by atoms with van der Waals surface area (Å²) in [5.41, 5.74) is 0.314. The van der Waals surface area contributed by atoms with Crippen molar-refractivity contribution in [3.05, 3.63) is 12.2 Å². The number of hydrogen-bond acceptors (Lipinski definition) is 1. The molecule has 1 aliphatic rings. The second-order valence-corrected chi connectivity index (χ2v) is 3.57. The molecular formula is C8H14O. The highest BCUT2D eigenvalue weighted by atomic mass is 16.3. The summed E-state index contributed by atoms with van der Waals surface area (Å²) in [6.07, 6.45) is 5.75. The monoisotopic (exact) mass is 126 g/mol. The van der Waals surface area contributed by atoms with E-state index in [4.69, 9.17) is 5.11 Å². The fraction of sp³-hybridized carbons (Fsp3) is 0.750. The van der Waals surface area contributed by atoms with Gasteiger partial charge >= 0.3 is 0 Å². The molecule has 9 heavy (non-hydrogen) atoms. The van der Waals surface area contributed by atoms with Gasteiger partial charge in [-0.2, -0.15) is 0 Å². The first-order chi connectivity index (χ1) is 4.10. The third-order valence-electron chi connectivity index (χ3n) is 1.79. The van der Waals surface area contributed by atoms with Crippen molar-refractivity contribution in [3.8, 4) is 0 Å². The van der Waals surface area contributed by atoms with Gasteiger partial charge in [0.25, 0.3) is 0 Å². The Morgan fingerprint density at radius 3 is 2.56 bits per heavy atom. The van der Waals surface area contributed by atoms with Crippen LogP contribution in [0, 0.1) is 5.41 Å². The van der Waals surface area contributed by atoms with Crippen LogP contribution >= 0.6 is 0 Å². The van der Waals surface area contributed by atoms with Crippen molar-refractivity contribution in [2.75, 3.05) is 0 Å². The summed E-state index contributed by atoms with van der Waals surface area (Å²) >= 11 is 0. The van der Waals surface area contributed by atoms with Crippen LogP contribution in [0.3, 0.4) is 0 Å². The largest absolute Gasteiger partial charge is 0.389 e. The van der Waals surface area contributed by atoms with Gasteiger partial charge in [-0.25, -0.2) is 0 Å². The number of aliphatic hydroxyl groups excluding tert-OH is 1. The first kappa shape index (κ1) is 6.81. The lowest BCUT2D eigenvalue weighted by Crippen LogP contribution is -2.21. The summed E-state index contributed by atoms with van der Waals surface area (Å²) < 4.78 is 0. The molecule has 0 spiro atoms. The molecule has 1 atom stereocenters. The van der Waals surface area contributed by atoms with E-state index in [-0.39, 0.29) is 6.10 Å². The lowest BCUT2D eigenvalue weighted by Gasteiger charge is -2.28. The lowest BCUT2D eigenvalue weighted by molar-refractivity contribution is 0.143. The molecule has 52 valence electrons. The molecule has 0 amide bonds. The van der Waals surface area contributed by atoms with Gasteiger partial charge in [-0.1, -0.05) is 26.0 Å². The van der Waals surface area contributed by atoms with Gasteiger partial charge < -0.3 is 5.11 Å². The summed E-state index contributed by atoms with van der Waals surface area (Å²) in [7, 11) is 0. The Hall–Kier alpha value is -0.300. The average molecular weight is 126 g/mol. The van der Waals surface area contributed by atoms with Gasteiger partial charge in [-0.15, -0.1) is 0 Å². The molecule has 0 saturated heterocycles. The van der Waals surface area contributed by atoms with E-state index in [1.807, 2.05) is 6.08 Å². The zero-order valence-corrected chi connectivity index (χ0v) is 6.09. The van der Waals surface area contributed by atoms with Gasteiger partial charge in [0.15, 0.2) is 0 Å². The summed E-state index contributed by atoms with van der Waals surface area (Å²) in [6.45, 7) is 4.36. The highest BCUT2D eigenvalue weighted by Gasteiger charge is 2.22. The highest BCUT2D eigenvalue weighted by Crippen LogP contribution is 2.30. The van der Waals surface area contributed by atoms with E-state index in [0.29, 0.717) is 5.41 Å². The maximum Gasteiger partial charge on any atom is 0.0726 e. The molecule has 0 aromatic heterocycles. The minimum atomic E-state index is -0.200. The van der Waals surface area contributed by atoms with Crippen molar-refractivity contribution in [1.82, 2.24) is 0 Å². The van der Waals surface area contributed by atoms with Crippen LogP contribution in [0.2, 0.25) is 0 Å². The third-order valence-corrected chi connectivity index (χ3v) is 1.79. The molecular weight excluding hydrogens is 112 g/mol. The molecule has 1 unspecified atom stereocenters. The quantitative estimate of drug-likeness (QED) is 0.490. The minimum absolute atomic E-state index is 0.200. The number of rotatable bonds is 0. The van der Waals surface area contributed by atoms with Gasteiger partial charge in [0.05, 0.1) is 6.10 Å². The van der Waals surface area contributed by atoms with E-state index in [1.54, 1.807) is 0 Å². The fourth-order valence-corrected chi connectivity index (χ4v) is 1.26. The zero-order valence-electron chi connectivity index (χ0n) is 6.09. The lowest BCUT2D eigenvalue weighted by atomic mass is 9.80. The average Bonchev–Trinajstić information content (AvgIpc) is 1.60. The van der Waals surface area contributed by atoms with Crippen molar-refractivity contribution in [1.29, 1.82) is 0 Å². The first-order valence-corrected chi connectivity index (χ1v) is 3.45. The Morgan fingerprint density at radius 2 is 2.22 bits per heavy atom. The summed E-state index contributed by atoms with van der Waals surface area (Å²) in [4.78, 5) is 0. The third kappa shape index (κ3) is 1.83.